The molecule has 3 rings (SSSR count). The monoisotopic (exact) mass is 261 g/mol. The Morgan fingerprint density at radius 2 is 1.79 bits per heavy atom. The highest BCUT2D eigenvalue weighted by molar-refractivity contribution is 5.56. The Morgan fingerprint density at radius 1 is 1.11 bits per heavy atom. The lowest BCUT2D eigenvalue weighted by Gasteiger charge is -2.38. The highest BCUT2D eigenvalue weighted by Crippen LogP contribution is 2.29. The van der Waals surface area contributed by atoms with Gasteiger partial charge in [-0.3, -0.25) is 0 Å². The summed E-state index contributed by atoms with van der Waals surface area (Å²) in [6.07, 6.45) is 3.49. The summed E-state index contributed by atoms with van der Waals surface area (Å²) in [6.45, 7) is 3.14. The second-order valence-corrected chi connectivity index (χ2v) is 5.62. The van der Waals surface area contributed by atoms with E-state index in [4.69, 9.17) is 0 Å². The molecule has 0 radical (unpaired) electrons. The van der Waals surface area contributed by atoms with Crippen molar-refractivity contribution < 1.29 is 14.5 Å². The van der Waals surface area contributed by atoms with Gasteiger partial charge < -0.3 is 5.11 Å². The van der Waals surface area contributed by atoms with Crippen LogP contribution in [0.1, 0.15) is 30.4 Å². The highest BCUT2D eigenvalue weighted by atomic mass is 16.4. The minimum atomic E-state index is -0.696. The van der Waals surface area contributed by atoms with Gasteiger partial charge in [-0.15, -0.1) is 9.60 Å². The normalized spacial score (nSPS) is 27.8. The number of hydrogen-bond acceptors (Lipinski definition) is 2. The number of carboxylic acid groups (broad SMARTS) is 1. The van der Waals surface area contributed by atoms with Gasteiger partial charge in [0.25, 0.3) is 0 Å². The Labute approximate surface area is 113 Å². The van der Waals surface area contributed by atoms with Crippen LogP contribution in [-0.2, 0) is 13.0 Å². The van der Waals surface area contributed by atoms with Gasteiger partial charge in [0.15, 0.2) is 0 Å². The maximum Gasteiger partial charge on any atom is 0.533 e. The van der Waals surface area contributed by atoms with Crippen molar-refractivity contribution in [3.8, 4) is 0 Å². The standard InChI is InChI=1S/C15H20N2O2/c18-15(19)17(16-9-3-4-10-16)11-5-8-13-6-1-2-7-14(13)12-17/h1-2,6-7H,3-5,8-12H2/p+1. The molecule has 0 bridgehead atoms. The second-order valence-electron chi connectivity index (χ2n) is 5.62. The summed E-state index contributed by atoms with van der Waals surface area (Å²) >= 11 is 0. The van der Waals surface area contributed by atoms with E-state index in [1.807, 2.05) is 6.07 Å². The van der Waals surface area contributed by atoms with E-state index in [0.29, 0.717) is 13.1 Å². The van der Waals surface area contributed by atoms with Crippen LogP contribution in [0.5, 0.6) is 0 Å². The molecule has 0 aromatic heterocycles. The lowest BCUT2D eigenvalue weighted by molar-refractivity contribution is -0.981. The van der Waals surface area contributed by atoms with E-state index in [0.717, 1.165) is 38.8 Å². The summed E-state index contributed by atoms with van der Waals surface area (Å²) in [5, 5.41) is 12.0. The molecule has 1 aromatic rings. The Hall–Kier alpha value is -1.39. The Bertz CT molecular complexity index is 483. The quantitative estimate of drug-likeness (QED) is 0.790. The van der Waals surface area contributed by atoms with Crippen LogP contribution in [0, 0.1) is 0 Å². The van der Waals surface area contributed by atoms with Gasteiger partial charge in [-0.2, -0.15) is 4.79 Å². The lowest BCUT2D eigenvalue weighted by atomic mass is 10.0. The molecule has 2 aliphatic heterocycles. The van der Waals surface area contributed by atoms with Crippen LogP contribution in [-0.4, -0.2) is 40.4 Å². The van der Waals surface area contributed by atoms with Crippen LogP contribution in [0.2, 0.25) is 0 Å². The van der Waals surface area contributed by atoms with Gasteiger partial charge in [0.2, 0.25) is 0 Å². The third-order valence-corrected chi connectivity index (χ3v) is 4.50. The first kappa shape index (κ1) is 12.6. The Kier molecular flexibility index (Phi) is 3.29. The van der Waals surface area contributed by atoms with E-state index in [1.54, 1.807) is 0 Å². The van der Waals surface area contributed by atoms with Gasteiger partial charge in [0.1, 0.15) is 13.1 Å². The number of nitrogens with zero attached hydrogens (tertiary/aromatic N) is 2. The van der Waals surface area contributed by atoms with Gasteiger partial charge >= 0.3 is 6.09 Å². The molecule has 2 aliphatic rings. The summed E-state index contributed by atoms with van der Waals surface area (Å²) in [5.41, 5.74) is 2.53. The number of carbonyl (C=O) groups is 1. The summed E-state index contributed by atoms with van der Waals surface area (Å²) in [4.78, 5) is 12.0. The summed E-state index contributed by atoms with van der Waals surface area (Å²) in [6, 6.07) is 8.30. The first-order valence-corrected chi connectivity index (χ1v) is 7.15. The zero-order valence-electron chi connectivity index (χ0n) is 11.2. The second kappa shape index (κ2) is 4.94. The van der Waals surface area contributed by atoms with E-state index in [2.05, 4.69) is 23.2 Å². The van der Waals surface area contributed by atoms with Gasteiger partial charge in [0.05, 0.1) is 0 Å². The molecule has 0 saturated carbocycles. The maximum atomic E-state index is 12.0. The first-order valence-electron chi connectivity index (χ1n) is 7.15. The molecule has 102 valence electrons. The summed E-state index contributed by atoms with van der Waals surface area (Å²) < 4.78 is 0.108. The van der Waals surface area contributed by atoms with Crippen molar-refractivity contribution >= 4 is 6.09 Å². The van der Waals surface area contributed by atoms with E-state index in [-0.39, 0.29) is 4.59 Å². The van der Waals surface area contributed by atoms with Gasteiger partial charge in [-0.1, -0.05) is 24.3 Å². The highest BCUT2D eigenvalue weighted by Gasteiger charge is 2.46. The van der Waals surface area contributed by atoms with Crippen LogP contribution in [0.25, 0.3) is 0 Å². The minimum Gasteiger partial charge on any atom is -0.434 e. The Balaban J connectivity index is 1.99. The molecule has 19 heavy (non-hydrogen) atoms. The molecular weight excluding hydrogens is 240 g/mol. The van der Waals surface area contributed by atoms with Crippen molar-refractivity contribution in [3.63, 3.8) is 0 Å². The number of quaternary nitrogens is 1. The van der Waals surface area contributed by atoms with Crippen LogP contribution in [0.15, 0.2) is 24.3 Å². The maximum absolute atomic E-state index is 12.0. The van der Waals surface area contributed by atoms with Crippen molar-refractivity contribution in [3.05, 3.63) is 35.4 Å². The molecule has 0 spiro atoms. The number of rotatable bonds is 1. The average Bonchev–Trinajstić information content (AvgIpc) is 2.86. The fraction of sp³-hybridized carbons (Fsp3) is 0.533. The van der Waals surface area contributed by atoms with Crippen molar-refractivity contribution in [2.75, 3.05) is 19.6 Å². The molecule has 1 fully saturated rings. The number of amides is 1. The van der Waals surface area contributed by atoms with Crippen LogP contribution in [0.4, 0.5) is 4.79 Å². The largest absolute Gasteiger partial charge is 0.533 e. The van der Waals surface area contributed by atoms with Gasteiger partial charge in [-0.05, 0) is 24.8 Å². The molecule has 1 atom stereocenters. The third kappa shape index (κ3) is 2.15. The minimum absolute atomic E-state index is 0.108. The summed E-state index contributed by atoms with van der Waals surface area (Å²) in [7, 11) is 0. The zero-order chi connectivity index (χ0) is 13.3. The molecule has 1 amide bonds. The predicted octanol–water partition coefficient (Wildman–Crippen LogP) is 2.64. The number of benzene rings is 1. The fourth-order valence-corrected chi connectivity index (χ4v) is 3.46. The third-order valence-electron chi connectivity index (χ3n) is 4.50. The average molecular weight is 261 g/mol. The van der Waals surface area contributed by atoms with Crippen molar-refractivity contribution in [2.24, 2.45) is 0 Å². The summed E-state index contributed by atoms with van der Waals surface area (Å²) in [5.74, 6) is 0. The first-order chi connectivity index (χ1) is 9.22. The molecule has 1 N–H and O–H groups in total. The molecule has 1 saturated heterocycles. The fourth-order valence-electron chi connectivity index (χ4n) is 3.46. The lowest BCUT2D eigenvalue weighted by Crippen LogP contribution is -2.61. The van der Waals surface area contributed by atoms with Crippen molar-refractivity contribution in [1.82, 2.24) is 5.01 Å². The van der Waals surface area contributed by atoms with E-state index < -0.39 is 6.09 Å². The van der Waals surface area contributed by atoms with Crippen LogP contribution >= 0.6 is 0 Å². The number of fused-ring (bicyclic) bond motifs is 1. The molecule has 1 aromatic carbocycles. The van der Waals surface area contributed by atoms with E-state index in [1.165, 1.54) is 11.1 Å². The van der Waals surface area contributed by atoms with E-state index >= 15 is 0 Å². The topological polar surface area (TPSA) is 40.5 Å². The van der Waals surface area contributed by atoms with Crippen LogP contribution in [0.3, 0.4) is 0 Å². The van der Waals surface area contributed by atoms with Gasteiger partial charge in [0, 0.05) is 25.1 Å². The Morgan fingerprint density at radius 3 is 2.47 bits per heavy atom. The smallest absolute Gasteiger partial charge is 0.434 e. The van der Waals surface area contributed by atoms with E-state index in [9.17, 15) is 9.90 Å². The zero-order valence-corrected chi connectivity index (χ0v) is 11.2. The molecule has 2 heterocycles. The van der Waals surface area contributed by atoms with Gasteiger partial charge in [-0.25, -0.2) is 0 Å². The molecule has 0 aliphatic carbocycles. The predicted molar refractivity (Wildman–Crippen MR) is 72.4 cm³/mol. The molecular formula is C15H21N2O2+. The molecule has 4 heteroatoms. The van der Waals surface area contributed by atoms with Crippen molar-refractivity contribution in [2.45, 2.75) is 32.2 Å². The van der Waals surface area contributed by atoms with Crippen molar-refractivity contribution in [1.29, 1.82) is 0 Å². The SMILES string of the molecule is O=C(O)[N+]1(N2CCCC2)CCCc2ccccc2C1. The molecule has 4 nitrogen and oxygen atoms in total. The number of hydrogen-bond donors (Lipinski definition) is 1. The molecule has 1 unspecified atom stereocenters. The number of aryl methyl sites for hydroxylation is 1. The van der Waals surface area contributed by atoms with Crippen LogP contribution < -0.4 is 0 Å².